The first-order valence-corrected chi connectivity index (χ1v) is 15.9. The fraction of sp³-hybridized carbons (Fsp3) is 0.867. The highest BCUT2D eigenvalue weighted by atomic mass is 16.7. The Bertz CT molecular complexity index is 928. The number of nitrogens with two attached hydrogens (primary N) is 1. The van der Waals surface area contributed by atoms with Crippen LogP contribution in [0.5, 0.6) is 0 Å². The molecule has 0 saturated heterocycles. The molecular weight excluding hydrogens is 576 g/mol. The van der Waals surface area contributed by atoms with Crippen molar-refractivity contribution in [3.8, 4) is 0 Å². The maximum Gasteiger partial charge on any atom is 0.407 e. The van der Waals surface area contributed by atoms with Crippen molar-refractivity contribution in [2.45, 2.75) is 127 Å². The van der Waals surface area contributed by atoms with Gasteiger partial charge in [-0.05, 0) is 71.4 Å². The lowest BCUT2D eigenvalue weighted by atomic mass is 9.83. The van der Waals surface area contributed by atoms with Crippen LogP contribution in [0.2, 0.25) is 0 Å². The largest absolute Gasteiger partial charge is 0.468 e. The van der Waals surface area contributed by atoms with Crippen LogP contribution in [0.25, 0.3) is 0 Å². The van der Waals surface area contributed by atoms with E-state index in [1.165, 1.54) is 12.8 Å². The number of carbonyl (C=O) groups is 2. The molecular formula is C30H54N4O10. The number of nitrogens with one attached hydrogen (secondary N) is 3. The van der Waals surface area contributed by atoms with Gasteiger partial charge in [-0.3, -0.25) is 4.79 Å². The van der Waals surface area contributed by atoms with Gasteiger partial charge in [0.25, 0.3) is 0 Å². The molecule has 0 aromatic carbocycles. The van der Waals surface area contributed by atoms with E-state index in [1.54, 1.807) is 27.7 Å². The Morgan fingerprint density at radius 3 is 2.61 bits per heavy atom. The summed E-state index contributed by atoms with van der Waals surface area (Å²) in [5.74, 6) is 1.11. The van der Waals surface area contributed by atoms with Crippen molar-refractivity contribution in [2.24, 2.45) is 11.7 Å². The molecule has 0 aromatic rings. The Morgan fingerprint density at radius 1 is 1.20 bits per heavy atom. The van der Waals surface area contributed by atoms with Crippen LogP contribution in [0, 0.1) is 5.92 Å². The van der Waals surface area contributed by atoms with Gasteiger partial charge in [0.15, 0.2) is 12.6 Å². The molecule has 44 heavy (non-hydrogen) atoms. The Hall–Kier alpha value is -2.04. The molecule has 0 radical (unpaired) electrons. The van der Waals surface area contributed by atoms with Crippen LogP contribution in [-0.4, -0.2) is 115 Å². The van der Waals surface area contributed by atoms with Crippen LogP contribution >= 0.6 is 0 Å². The molecule has 1 heterocycles. The van der Waals surface area contributed by atoms with E-state index in [1.807, 2.05) is 6.08 Å². The summed E-state index contributed by atoms with van der Waals surface area (Å²) in [6, 6.07) is -1.46. The van der Waals surface area contributed by atoms with E-state index in [4.69, 9.17) is 29.4 Å². The van der Waals surface area contributed by atoms with Crippen LogP contribution in [0.1, 0.15) is 72.6 Å². The van der Waals surface area contributed by atoms with Gasteiger partial charge >= 0.3 is 6.09 Å². The minimum Gasteiger partial charge on any atom is -0.468 e. The highest BCUT2D eigenvalue weighted by Crippen LogP contribution is 2.30. The molecule has 2 saturated carbocycles. The first-order valence-electron chi connectivity index (χ1n) is 15.9. The second-order valence-electron chi connectivity index (χ2n) is 12.8. The van der Waals surface area contributed by atoms with E-state index in [0.717, 1.165) is 24.6 Å². The summed E-state index contributed by atoms with van der Waals surface area (Å²) in [6.45, 7) is 8.14. The summed E-state index contributed by atoms with van der Waals surface area (Å²) in [5, 5.41) is 40.2. The molecule has 0 aromatic heterocycles. The third-order valence-corrected chi connectivity index (χ3v) is 7.58. The second kappa shape index (κ2) is 17.6. The number of allylic oxidation sites excluding steroid dienone is 1. The molecule has 0 bridgehead atoms. The molecule has 0 unspecified atom stereocenters. The van der Waals surface area contributed by atoms with Gasteiger partial charge in [0.2, 0.25) is 5.91 Å². The van der Waals surface area contributed by atoms with Crippen LogP contribution in [0.3, 0.4) is 0 Å². The van der Waals surface area contributed by atoms with Gasteiger partial charge in [0.1, 0.15) is 35.8 Å². The van der Waals surface area contributed by atoms with Crippen LogP contribution in [0.15, 0.2) is 11.8 Å². The van der Waals surface area contributed by atoms with Gasteiger partial charge in [0, 0.05) is 25.4 Å². The molecule has 2 fully saturated rings. The molecule has 8 atom stereocenters. The van der Waals surface area contributed by atoms with E-state index < -0.39 is 66.7 Å². The number of aliphatic hydroxyl groups is 3. The summed E-state index contributed by atoms with van der Waals surface area (Å²) < 4.78 is 29.1. The van der Waals surface area contributed by atoms with Crippen molar-refractivity contribution < 1.29 is 48.6 Å². The van der Waals surface area contributed by atoms with Crippen LogP contribution in [0.4, 0.5) is 4.79 Å². The average molecular weight is 631 g/mol. The Balaban J connectivity index is 1.65. The standard InChI is InChI=1S/C30H54N4O10/c1-5-22(36)28(40-14-13-35)43-27-21(34-23(37)11-12-33-29(39)44-30(2,3)4)15-20(31)26(25(27)38)42-24-8-6-7-19(41-24)17-32-16-18-9-10-18/h7,18,20-22,24-28,32,35-36,38H,5-6,8-17,31H2,1-4H3,(H,33,39)(H,34,37)/t20-,21+,22+,24+,25-,26+,27-,28+/m0/s1. The molecule has 2 aliphatic carbocycles. The van der Waals surface area contributed by atoms with Gasteiger partial charge in [-0.15, -0.1) is 0 Å². The van der Waals surface area contributed by atoms with Crippen LogP contribution < -0.4 is 21.7 Å². The minimum atomic E-state index is -1.32. The molecule has 1 aliphatic heterocycles. The number of alkyl carbamates (subject to hydrolysis) is 1. The lowest BCUT2D eigenvalue weighted by Gasteiger charge is -2.45. The molecule has 3 aliphatic rings. The van der Waals surface area contributed by atoms with E-state index >= 15 is 0 Å². The zero-order chi connectivity index (χ0) is 32.3. The third kappa shape index (κ3) is 12.4. The number of aliphatic hydroxyl groups excluding tert-OH is 3. The molecule has 254 valence electrons. The van der Waals surface area contributed by atoms with Gasteiger partial charge in [0.05, 0.1) is 25.8 Å². The highest BCUT2D eigenvalue weighted by Gasteiger charge is 2.47. The van der Waals surface area contributed by atoms with Crippen molar-refractivity contribution >= 4 is 12.0 Å². The van der Waals surface area contributed by atoms with Crippen molar-refractivity contribution in [3.05, 3.63) is 11.8 Å². The molecule has 14 heteroatoms. The smallest absolute Gasteiger partial charge is 0.407 e. The van der Waals surface area contributed by atoms with Crippen molar-refractivity contribution in [1.82, 2.24) is 16.0 Å². The molecule has 0 spiro atoms. The fourth-order valence-corrected chi connectivity index (χ4v) is 5.13. The van der Waals surface area contributed by atoms with Crippen molar-refractivity contribution in [2.75, 3.05) is 32.8 Å². The summed E-state index contributed by atoms with van der Waals surface area (Å²) >= 11 is 0. The van der Waals surface area contributed by atoms with E-state index in [0.29, 0.717) is 13.0 Å². The lowest BCUT2D eigenvalue weighted by molar-refractivity contribution is -0.269. The van der Waals surface area contributed by atoms with Crippen LogP contribution in [-0.2, 0) is 28.5 Å². The number of hydrogen-bond donors (Lipinski definition) is 7. The maximum atomic E-state index is 12.9. The number of rotatable bonds is 17. The first kappa shape index (κ1) is 36.4. The lowest BCUT2D eigenvalue weighted by Crippen LogP contribution is -2.66. The van der Waals surface area contributed by atoms with Gasteiger partial charge in [-0.1, -0.05) is 6.92 Å². The Labute approximate surface area is 260 Å². The third-order valence-electron chi connectivity index (χ3n) is 7.58. The van der Waals surface area contributed by atoms with Crippen molar-refractivity contribution in [3.63, 3.8) is 0 Å². The first-order chi connectivity index (χ1) is 20.9. The number of ether oxygens (including phenoxy) is 5. The van der Waals surface area contributed by atoms with Gasteiger partial charge in [-0.25, -0.2) is 4.79 Å². The summed E-state index contributed by atoms with van der Waals surface area (Å²) in [6.07, 6.45) is -0.535. The summed E-state index contributed by atoms with van der Waals surface area (Å²) in [5.41, 5.74) is 5.83. The average Bonchev–Trinajstić information content (AvgIpc) is 3.78. The number of carbonyl (C=O) groups excluding carboxylic acids is 2. The normalized spacial score (nSPS) is 28.8. The molecule has 2 amide bonds. The Kier molecular flexibility index (Phi) is 14.6. The predicted molar refractivity (Wildman–Crippen MR) is 160 cm³/mol. The monoisotopic (exact) mass is 630 g/mol. The van der Waals surface area contributed by atoms with Gasteiger partial charge < -0.3 is 60.7 Å². The topological polar surface area (TPSA) is 203 Å². The zero-order valence-corrected chi connectivity index (χ0v) is 26.5. The van der Waals surface area contributed by atoms with E-state index in [-0.39, 0.29) is 39.0 Å². The number of amides is 2. The number of hydrogen-bond acceptors (Lipinski definition) is 12. The summed E-state index contributed by atoms with van der Waals surface area (Å²) in [4.78, 5) is 24.8. The van der Waals surface area contributed by atoms with E-state index in [9.17, 15) is 24.9 Å². The summed E-state index contributed by atoms with van der Waals surface area (Å²) in [7, 11) is 0. The second-order valence-corrected chi connectivity index (χ2v) is 12.8. The highest BCUT2D eigenvalue weighted by molar-refractivity contribution is 5.77. The molecule has 8 N–H and O–H groups in total. The predicted octanol–water partition coefficient (Wildman–Crippen LogP) is 0.374. The molecule has 3 rings (SSSR count). The zero-order valence-electron chi connectivity index (χ0n) is 26.5. The van der Waals surface area contributed by atoms with Crippen molar-refractivity contribution in [1.29, 1.82) is 0 Å². The Morgan fingerprint density at radius 2 is 1.95 bits per heavy atom. The SMILES string of the molecule is CC[C@@H](O)[C@H](OCCO)O[C@@H]1[C@@H](O)[C@H](O[C@@H]2CCC=C(CNCC3CC3)O2)[C@@H](N)C[C@H]1NC(=O)CCNC(=O)OC(C)(C)C. The fourth-order valence-electron chi connectivity index (χ4n) is 5.13. The van der Waals surface area contributed by atoms with Gasteiger partial charge in [-0.2, -0.15) is 0 Å². The maximum absolute atomic E-state index is 12.9. The quantitative estimate of drug-likeness (QED) is 0.109. The van der Waals surface area contributed by atoms with E-state index in [2.05, 4.69) is 16.0 Å². The minimum absolute atomic E-state index is 0.0283. The molecule has 14 nitrogen and oxygen atoms in total.